The highest BCUT2D eigenvalue weighted by Crippen LogP contribution is 2.37. The minimum Gasteiger partial charge on any atom is -0.493 e. The number of methoxy groups -OCH3 is 1. The molecule has 1 aromatic carbocycles. The number of ether oxygens (including phenoxy) is 1. The first-order valence-corrected chi connectivity index (χ1v) is 4.50. The number of hydrogen-bond acceptors (Lipinski definition) is 2. The summed E-state index contributed by atoms with van der Waals surface area (Å²) < 4.78 is 18.1. The summed E-state index contributed by atoms with van der Waals surface area (Å²) in [6.07, 6.45) is 0. The molecule has 0 heterocycles. The van der Waals surface area contributed by atoms with Gasteiger partial charge in [0.25, 0.3) is 0 Å². The third-order valence-electron chi connectivity index (χ3n) is 1.87. The van der Waals surface area contributed by atoms with Gasteiger partial charge in [-0.25, -0.2) is 4.39 Å². The first-order chi connectivity index (χ1) is 6.38. The van der Waals surface area contributed by atoms with E-state index in [1.165, 1.54) is 33.1 Å². The van der Waals surface area contributed by atoms with E-state index in [-0.39, 0.29) is 16.3 Å². The van der Waals surface area contributed by atoms with E-state index in [2.05, 4.69) is 0 Å². The highest BCUT2D eigenvalue weighted by molar-refractivity contribution is 6.31. The number of benzene rings is 1. The van der Waals surface area contributed by atoms with E-state index in [0.717, 1.165) is 0 Å². The normalized spacial score (nSPS) is 11.6. The molecule has 14 heavy (non-hydrogen) atoms. The number of aliphatic hydroxyl groups is 1. The summed E-state index contributed by atoms with van der Waals surface area (Å²) in [7, 11) is 1.34. The van der Waals surface area contributed by atoms with Crippen molar-refractivity contribution in [2.45, 2.75) is 19.4 Å². The first kappa shape index (κ1) is 11.3. The second kappa shape index (κ2) is 3.75. The molecular weight excluding hydrogens is 207 g/mol. The molecule has 0 atom stereocenters. The third-order valence-corrected chi connectivity index (χ3v) is 2.19. The van der Waals surface area contributed by atoms with Gasteiger partial charge in [0.2, 0.25) is 0 Å². The van der Waals surface area contributed by atoms with Crippen LogP contribution in [0.25, 0.3) is 0 Å². The highest BCUT2D eigenvalue weighted by Gasteiger charge is 2.26. The van der Waals surface area contributed by atoms with E-state index in [0.29, 0.717) is 0 Å². The Labute approximate surface area is 87.3 Å². The molecular formula is C10H12ClFO2. The quantitative estimate of drug-likeness (QED) is 0.827. The van der Waals surface area contributed by atoms with Gasteiger partial charge >= 0.3 is 0 Å². The Morgan fingerprint density at radius 2 is 2.00 bits per heavy atom. The zero-order valence-corrected chi connectivity index (χ0v) is 9.02. The van der Waals surface area contributed by atoms with Crippen molar-refractivity contribution in [2.24, 2.45) is 0 Å². The second-order valence-electron chi connectivity index (χ2n) is 3.50. The van der Waals surface area contributed by atoms with Crippen molar-refractivity contribution in [3.63, 3.8) is 0 Å². The summed E-state index contributed by atoms with van der Waals surface area (Å²) in [5, 5.41) is 10.1. The molecule has 0 radical (unpaired) electrons. The maximum absolute atomic E-state index is 13.3. The van der Waals surface area contributed by atoms with Gasteiger partial charge in [0, 0.05) is 5.56 Å². The van der Waals surface area contributed by atoms with Gasteiger partial charge in [0.05, 0.1) is 17.7 Å². The molecule has 0 spiro atoms. The molecule has 1 rings (SSSR count). The predicted molar refractivity (Wildman–Crippen MR) is 53.2 cm³/mol. The Morgan fingerprint density at radius 3 is 2.36 bits per heavy atom. The zero-order valence-electron chi connectivity index (χ0n) is 8.27. The van der Waals surface area contributed by atoms with Crippen LogP contribution in [0.2, 0.25) is 5.02 Å². The van der Waals surface area contributed by atoms with Crippen LogP contribution < -0.4 is 4.74 Å². The summed E-state index contributed by atoms with van der Waals surface area (Å²) in [6, 6.07) is 2.60. The van der Waals surface area contributed by atoms with Crippen LogP contribution >= 0.6 is 11.6 Å². The zero-order chi connectivity index (χ0) is 10.9. The van der Waals surface area contributed by atoms with Crippen molar-refractivity contribution in [3.8, 4) is 5.75 Å². The minimum absolute atomic E-state index is 0.00926. The molecule has 4 heteroatoms. The number of hydrogen-bond donors (Lipinski definition) is 1. The van der Waals surface area contributed by atoms with Crippen molar-refractivity contribution in [1.82, 2.24) is 0 Å². The monoisotopic (exact) mass is 218 g/mol. The Bertz CT molecular complexity index is 345. The van der Waals surface area contributed by atoms with Crippen molar-refractivity contribution >= 4 is 11.6 Å². The van der Waals surface area contributed by atoms with Crippen molar-refractivity contribution in [3.05, 3.63) is 28.5 Å². The molecule has 2 nitrogen and oxygen atoms in total. The first-order valence-electron chi connectivity index (χ1n) is 4.12. The lowest BCUT2D eigenvalue weighted by molar-refractivity contribution is 0.0751. The summed E-state index contributed by atoms with van der Waals surface area (Å²) in [4.78, 5) is 0. The third kappa shape index (κ3) is 1.99. The van der Waals surface area contributed by atoms with Gasteiger partial charge in [-0.05, 0) is 26.0 Å². The largest absolute Gasteiger partial charge is 0.493 e. The van der Waals surface area contributed by atoms with Gasteiger partial charge < -0.3 is 9.84 Å². The van der Waals surface area contributed by atoms with E-state index >= 15 is 0 Å². The van der Waals surface area contributed by atoms with Gasteiger partial charge in [0.15, 0.2) is 11.6 Å². The molecule has 1 N–H and O–H groups in total. The lowest BCUT2D eigenvalue weighted by Gasteiger charge is -2.22. The lowest BCUT2D eigenvalue weighted by atomic mass is 9.97. The van der Waals surface area contributed by atoms with E-state index in [1.807, 2.05) is 0 Å². The van der Waals surface area contributed by atoms with Gasteiger partial charge in [-0.2, -0.15) is 0 Å². The molecule has 0 aliphatic carbocycles. The molecule has 0 aromatic heterocycles. The molecule has 78 valence electrons. The van der Waals surface area contributed by atoms with Crippen molar-refractivity contribution in [2.75, 3.05) is 7.11 Å². The Balaban J connectivity index is 3.46. The minimum atomic E-state index is -1.23. The smallest absolute Gasteiger partial charge is 0.165 e. The fraction of sp³-hybridized carbons (Fsp3) is 0.400. The maximum Gasteiger partial charge on any atom is 0.165 e. The van der Waals surface area contributed by atoms with E-state index < -0.39 is 11.4 Å². The molecule has 0 saturated heterocycles. The molecule has 0 aliphatic rings. The number of halogens is 2. The summed E-state index contributed by atoms with van der Waals surface area (Å²) >= 11 is 5.86. The fourth-order valence-electron chi connectivity index (χ4n) is 1.30. The van der Waals surface area contributed by atoms with Crippen molar-refractivity contribution < 1.29 is 14.2 Å². The molecule has 0 amide bonds. The average molecular weight is 219 g/mol. The summed E-state index contributed by atoms with van der Waals surface area (Å²) in [5.74, 6) is -0.543. The summed E-state index contributed by atoms with van der Waals surface area (Å²) in [6.45, 7) is 3.05. The Hall–Kier alpha value is -0.800. The molecule has 0 saturated carbocycles. The number of rotatable bonds is 2. The van der Waals surface area contributed by atoms with Crippen molar-refractivity contribution in [1.29, 1.82) is 0 Å². The Kier molecular flexibility index (Phi) is 3.02. The second-order valence-corrected chi connectivity index (χ2v) is 3.90. The van der Waals surface area contributed by atoms with Gasteiger partial charge in [0.1, 0.15) is 0 Å². The van der Waals surface area contributed by atoms with Crippen LogP contribution in [0.3, 0.4) is 0 Å². The van der Waals surface area contributed by atoms with E-state index in [9.17, 15) is 9.50 Å². The van der Waals surface area contributed by atoms with E-state index in [4.69, 9.17) is 16.3 Å². The Morgan fingerprint density at radius 1 is 1.43 bits per heavy atom. The highest BCUT2D eigenvalue weighted by atomic mass is 35.5. The maximum atomic E-state index is 13.3. The molecule has 0 unspecified atom stereocenters. The van der Waals surface area contributed by atoms with Gasteiger partial charge in [-0.1, -0.05) is 11.6 Å². The fourth-order valence-corrected chi connectivity index (χ4v) is 1.68. The molecule has 0 bridgehead atoms. The topological polar surface area (TPSA) is 29.5 Å². The van der Waals surface area contributed by atoms with Crippen LogP contribution in [-0.4, -0.2) is 12.2 Å². The standard InChI is InChI=1S/C10H12ClFO2/c1-10(2,13)8-6(11)4-5-7(12)9(8)14-3/h4-5,13H,1-3H3. The van der Waals surface area contributed by atoms with E-state index in [1.54, 1.807) is 0 Å². The average Bonchev–Trinajstić information content (AvgIpc) is 2.06. The SMILES string of the molecule is COc1c(F)ccc(Cl)c1C(C)(C)O. The van der Waals surface area contributed by atoms with Gasteiger partial charge in [-0.15, -0.1) is 0 Å². The lowest BCUT2D eigenvalue weighted by Crippen LogP contribution is -2.18. The molecule has 0 aliphatic heterocycles. The van der Waals surface area contributed by atoms with Crippen LogP contribution in [0.4, 0.5) is 4.39 Å². The van der Waals surface area contributed by atoms with Gasteiger partial charge in [-0.3, -0.25) is 0 Å². The van der Waals surface area contributed by atoms with Crippen LogP contribution in [-0.2, 0) is 5.60 Å². The summed E-state index contributed by atoms with van der Waals surface area (Å²) in [5.41, 5.74) is -0.966. The van der Waals surface area contributed by atoms with Crippen LogP contribution in [0.1, 0.15) is 19.4 Å². The molecule has 1 aromatic rings. The molecule has 0 fully saturated rings. The van der Waals surface area contributed by atoms with Crippen LogP contribution in [0.5, 0.6) is 5.75 Å². The van der Waals surface area contributed by atoms with Crippen LogP contribution in [0.15, 0.2) is 12.1 Å². The predicted octanol–water partition coefficient (Wildman–Crippen LogP) is 2.72. The van der Waals surface area contributed by atoms with Crippen LogP contribution in [0, 0.1) is 5.82 Å².